The molecule has 0 radical (unpaired) electrons. The summed E-state index contributed by atoms with van der Waals surface area (Å²) >= 11 is 0. The van der Waals surface area contributed by atoms with E-state index in [2.05, 4.69) is 114 Å². The van der Waals surface area contributed by atoms with Gasteiger partial charge in [0.05, 0.1) is 22.4 Å². The van der Waals surface area contributed by atoms with Gasteiger partial charge in [0, 0.05) is 34.4 Å². The molecule has 0 saturated carbocycles. The highest BCUT2D eigenvalue weighted by Gasteiger charge is 2.36. The summed E-state index contributed by atoms with van der Waals surface area (Å²) < 4.78 is 2.46. The minimum Gasteiger partial charge on any atom is -0.309 e. The lowest BCUT2D eigenvalue weighted by Gasteiger charge is -2.22. The number of rotatable bonds is 1. The lowest BCUT2D eigenvalue weighted by molar-refractivity contribution is 0.662. The Hall–Kier alpha value is -4.17. The van der Waals surface area contributed by atoms with Crippen LogP contribution in [0.15, 0.2) is 96.0 Å². The molecule has 6 aromatic rings. The van der Waals surface area contributed by atoms with Gasteiger partial charge in [0.25, 0.3) is 0 Å². The number of hydrogen-bond acceptors (Lipinski definition) is 1. The first-order valence-corrected chi connectivity index (χ1v) is 12.4. The quantitative estimate of drug-likeness (QED) is 0.240. The summed E-state index contributed by atoms with van der Waals surface area (Å²) in [6.07, 6.45) is 2.91. The predicted octanol–water partition coefficient (Wildman–Crippen LogP) is 8.50. The number of para-hydroxylation sites is 1. The molecule has 2 aliphatic rings. The third-order valence-electron chi connectivity index (χ3n) is 8.23. The van der Waals surface area contributed by atoms with Gasteiger partial charge >= 0.3 is 0 Å². The molecule has 1 aliphatic heterocycles. The van der Waals surface area contributed by atoms with Gasteiger partial charge in [0.2, 0.25) is 0 Å². The Morgan fingerprint density at radius 2 is 1.43 bits per heavy atom. The Morgan fingerprint density at radius 3 is 2.31 bits per heavy atom. The third kappa shape index (κ3) is 2.41. The van der Waals surface area contributed by atoms with E-state index >= 15 is 0 Å². The van der Waals surface area contributed by atoms with Crippen LogP contribution in [-0.2, 0) is 11.8 Å². The maximum absolute atomic E-state index is 4.63. The highest BCUT2D eigenvalue weighted by atomic mass is 15.0. The Balaban J connectivity index is 1.51. The van der Waals surface area contributed by atoms with Crippen LogP contribution in [0.5, 0.6) is 0 Å². The smallest absolute Gasteiger partial charge is 0.0682 e. The van der Waals surface area contributed by atoms with Gasteiger partial charge in [-0.05, 0) is 75.5 Å². The van der Waals surface area contributed by atoms with E-state index in [1.54, 1.807) is 0 Å². The van der Waals surface area contributed by atoms with Gasteiger partial charge in [-0.25, -0.2) is 0 Å². The molecule has 2 nitrogen and oxygen atoms in total. The normalized spacial score (nSPS) is 15.1. The predicted molar refractivity (Wildman–Crippen MR) is 148 cm³/mol. The minimum atomic E-state index is -0.0477. The first kappa shape index (κ1) is 19.2. The van der Waals surface area contributed by atoms with Crippen molar-refractivity contribution >= 4 is 44.5 Å². The van der Waals surface area contributed by atoms with Gasteiger partial charge in [-0.2, -0.15) is 0 Å². The largest absolute Gasteiger partial charge is 0.309 e. The molecule has 0 atom stereocenters. The van der Waals surface area contributed by atoms with Crippen LogP contribution >= 0.6 is 0 Å². The van der Waals surface area contributed by atoms with E-state index in [1.807, 2.05) is 6.21 Å². The summed E-state index contributed by atoms with van der Waals surface area (Å²) in [7, 11) is 0. The standard InChI is InChI=1S/C33H24N2/c1-33(2)27-17-21-9-4-3-8-20(21)16-24(27)25-19-32-26(18-28(25)33)22-10-5-6-12-30(22)35(32)31-13-7-11-29-23(31)14-15-34-29/h3-13,15-19H,14H2,1-2H3. The molecule has 0 saturated heterocycles. The third-order valence-corrected chi connectivity index (χ3v) is 8.23. The Morgan fingerprint density at radius 1 is 0.686 bits per heavy atom. The second kappa shape index (κ2) is 6.49. The van der Waals surface area contributed by atoms with Crippen molar-refractivity contribution in [3.05, 3.63) is 108 Å². The van der Waals surface area contributed by atoms with Crippen molar-refractivity contribution in [3.63, 3.8) is 0 Å². The van der Waals surface area contributed by atoms with E-state index in [0.717, 1.165) is 12.1 Å². The molecular formula is C33H24N2. The zero-order valence-electron chi connectivity index (χ0n) is 19.8. The summed E-state index contributed by atoms with van der Waals surface area (Å²) in [5.41, 5.74) is 11.7. The van der Waals surface area contributed by atoms with Gasteiger partial charge in [0.1, 0.15) is 0 Å². The van der Waals surface area contributed by atoms with Crippen LogP contribution in [-0.4, -0.2) is 10.8 Å². The topological polar surface area (TPSA) is 17.3 Å². The van der Waals surface area contributed by atoms with Gasteiger partial charge in [-0.1, -0.05) is 62.4 Å². The van der Waals surface area contributed by atoms with E-state index < -0.39 is 0 Å². The summed E-state index contributed by atoms with van der Waals surface area (Å²) in [5.74, 6) is 0. The lowest BCUT2D eigenvalue weighted by atomic mass is 9.81. The van der Waals surface area contributed by atoms with Crippen LogP contribution in [0.3, 0.4) is 0 Å². The van der Waals surface area contributed by atoms with Crippen molar-refractivity contribution in [2.24, 2.45) is 4.99 Å². The molecule has 166 valence electrons. The van der Waals surface area contributed by atoms with E-state index in [-0.39, 0.29) is 5.41 Å². The van der Waals surface area contributed by atoms with Crippen LogP contribution < -0.4 is 0 Å². The van der Waals surface area contributed by atoms with Crippen LogP contribution in [0.2, 0.25) is 0 Å². The molecule has 0 spiro atoms. The molecule has 0 amide bonds. The van der Waals surface area contributed by atoms with Crippen molar-refractivity contribution in [1.29, 1.82) is 0 Å². The highest BCUT2D eigenvalue weighted by Crippen LogP contribution is 2.52. The first-order valence-electron chi connectivity index (χ1n) is 12.4. The summed E-state index contributed by atoms with van der Waals surface area (Å²) in [4.78, 5) is 4.63. The van der Waals surface area contributed by atoms with E-state index in [4.69, 9.17) is 0 Å². The second-order valence-corrected chi connectivity index (χ2v) is 10.4. The number of benzene rings is 5. The monoisotopic (exact) mass is 448 g/mol. The van der Waals surface area contributed by atoms with Gasteiger partial charge < -0.3 is 4.57 Å². The first-order chi connectivity index (χ1) is 17.1. The fourth-order valence-corrected chi connectivity index (χ4v) is 6.48. The fraction of sp³-hybridized carbons (Fsp3) is 0.121. The molecule has 0 N–H and O–H groups in total. The molecule has 2 heterocycles. The minimum absolute atomic E-state index is 0.0477. The van der Waals surface area contributed by atoms with Crippen LogP contribution in [0.1, 0.15) is 30.5 Å². The van der Waals surface area contributed by atoms with Crippen molar-refractivity contribution in [1.82, 2.24) is 4.57 Å². The number of fused-ring (bicyclic) bond motifs is 8. The summed E-state index contributed by atoms with van der Waals surface area (Å²) in [6.45, 7) is 4.75. The maximum atomic E-state index is 4.63. The fourth-order valence-electron chi connectivity index (χ4n) is 6.48. The molecular weight excluding hydrogens is 424 g/mol. The Labute approximate surface area is 204 Å². The molecule has 2 heteroatoms. The zero-order chi connectivity index (χ0) is 23.3. The average molecular weight is 449 g/mol. The SMILES string of the molecule is CC1(C)c2cc3ccccc3cc2-c2cc3c(cc21)c1ccccc1n3-c1cccc2c1CC=N2. The Bertz CT molecular complexity index is 1900. The van der Waals surface area contributed by atoms with Crippen LogP contribution in [0.4, 0.5) is 5.69 Å². The van der Waals surface area contributed by atoms with E-state index in [0.29, 0.717) is 0 Å². The van der Waals surface area contributed by atoms with Crippen LogP contribution in [0, 0.1) is 0 Å². The summed E-state index contributed by atoms with van der Waals surface area (Å²) in [5, 5.41) is 5.24. The van der Waals surface area contributed by atoms with E-state index in [9.17, 15) is 0 Å². The zero-order valence-corrected chi connectivity index (χ0v) is 19.8. The molecule has 0 unspecified atom stereocenters. The molecule has 8 rings (SSSR count). The van der Waals surface area contributed by atoms with Crippen molar-refractivity contribution in [3.8, 4) is 16.8 Å². The molecule has 35 heavy (non-hydrogen) atoms. The van der Waals surface area contributed by atoms with E-state index in [1.165, 1.54) is 66.1 Å². The average Bonchev–Trinajstić information content (AvgIpc) is 3.54. The number of aliphatic imine (C=N–C) groups is 1. The highest BCUT2D eigenvalue weighted by molar-refractivity contribution is 6.12. The maximum Gasteiger partial charge on any atom is 0.0682 e. The number of hydrogen-bond donors (Lipinski definition) is 0. The van der Waals surface area contributed by atoms with Gasteiger partial charge in [-0.15, -0.1) is 0 Å². The number of aromatic nitrogens is 1. The second-order valence-electron chi connectivity index (χ2n) is 10.4. The van der Waals surface area contributed by atoms with Crippen LogP contribution in [0.25, 0.3) is 49.4 Å². The van der Waals surface area contributed by atoms with Gasteiger partial charge in [0.15, 0.2) is 0 Å². The van der Waals surface area contributed by atoms with Gasteiger partial charge in [-0.3, -0.25) is 4.99 Å². The summed E-state index contributed by atoms with van der Waals surface area (Å²) in [6, 6.07) is 33.8. The molecule has 5 aromatic carbocycles. The van der Waals surface area contributed by atoms with Crippen molar-refractivity contribution in [2.45, 2.75) is 25.7 Å². The Kier molecular flexibility index (Phi) is 3.55. The molecule has 0 bridgehead atoms. The molecule has 1 aromatic heterocycles. The molecule has 1 aliphatic carbocycles. The van der Waals surface area contributed by atoms with Crippen molar-refractivity contribution in [2.75, 3.05) is 0 Å². The molecule has 0 fully saturated rings. The lowest BCUT2D eigenvalue weighted by Crippen LogP contribution is -2.14. The number of nitrogens with zero attached hydrogens (tertiary/aromatic N) is 2. The van der Waals surface area contributed by atoms with Crippen molar-refractivity contribution < 1.29 is 0 Å².